The van der Waals surface area contributed by atoms with E-state index in [1.54, 1.807) is 6.07 Å². The molecule has 2 nitrogen and oxygen atoms in total. The maximum Gasteiger partial charge on any atom is 0.124 e. The molecular weight excluding hydrogens is 333 g/mol. The minimum absolute atomic E-state index is 0.256. The maximum absolute atomic E-state index is 13.1. The fourth-order valence-electron chi connectivity index (χ4n) is 2.04. The van der Waals surface area contributed by atoms with Crippen molar-refractivity contribution in [1.29, 1.82) is 0 Å². The predicted octanol–water partition coefficient (Wildman–Crippen LogP) is 4.59. The average molecular weight is 352 g/mol. The zero-order valence-corrected chi connectivity index (χ0v) is 13.8. The van der Waals surface area contributed by atoms with Crippen LogP contribution in [0.1, 0.15) is 23.6 Å². The Morgan fingerprint density at radius 3 is 2.67 bits per heavy atom. The highest BCUT2D eigenvalue weighted by molar-refractivity contribution is 9.10. The van der Waals surface area contributed by atoms with Crippen molar-refractivity contribution in [3.63, 3.8) is 0 Å². The summed E-state index contributed by atoms with van der Waals surface area (Å²) in [5.74, 6) is 0.603. The molecule has 2 rings (SSSR count). The van der Waals surface area contributed by atoms with Crippen molar-refractivity contribution in [3.05, 3.63) is 63.4 Å². The standard InChI is InChI=1S/C17H19BrFNO/c1-3-20-10-14-8-12(2)4-7-17(14)21-11-13-5-6-15(19)9-16(13)18/h4-9,20H,3,10-11H2,1-2H3. The van der Waals surface area contributed by atoms with Gasteiger partial charge in [-0.15, -0.1) is 0 Å². The fraction of sp³-hybridized carbons (Fsp3) is 0.294. The third-order valence-electron chi connectivity index (χ3n) is 3.18. The summed E-state index contributed by atoms with van der Waals surface area (Å²) < 4.78 is 19.7. The van der Waals surface area contributed by atoms with E-state index in [0.29, 0.717) is 6.61 Å². The monoisotopic (exact) mass is 351 g/mol. The van der Waals surface area contributed by atoms with Crippen LogP contribution in [0.2, 0.25) is 0 Å². The Bertz CT molecular complexity index is 616. The topological polar surface area (TPSA) is 21.3 Å². The second kappa shape index (κ2) is 7.57. The lowest BCUT2D eigenvalue weighted by atomic mass is 10.1. The average Bonchev–Trinajstić information content (AvgIpc) is 2.45. The summed E-state index contributed by atoms with van der Waals surface area (Å²) in [6, 6.07) is 10.8. The smallest absolute Gasteiger partial charge is 0.124 e. The van der Waals surface area contributed by atoms with Crippen molar-refractivity contribution in [3.8, 4) is 5.75 Å². The first-order chi connectivity index (χ1) is 10.1. The van der Waals surface area contributed by atoms with E-state index < -0.39 is 0 Å². The van der Waals surface area contributed by atoms with Gasteiger partial charge in [0, 0.05) is 22.1 Å². The van der Waals surface area contributed by atoms with Gasteiger partial charge in [0.15, 0.2) is 0 Å². The summed E-state index contributed by atoms with van der Waals surface area (Å²) in [5, 5.41) is 3.31. The van der Waals surface area contributed by atoms with Crippen molar-refractivity contribution in [1.82, 2.24) is 5.32 Å². The highest BCUT2D eigenvalue weighted by Gasteiger charge is 2.07. The number of nitrogens with one attached hydrogen (secondary N) is 1. The summed E-state index contributed by atoms with van der Waals surface area (Å²) in [5.41, 5.74) is 3.26. The van der Waals surface area contributed by atoms with Gasteiger partial charge in [0.25, 0.3) is 0 Å². The normalized spacial score (nSPS) is 10.7. The first-order valence-corrected chi connectivity index (χ1v) is 7.76. The minimum atomic E-state index is -0.256. The molecule has 0 bridgehead atoms. The molecule has 21 heavy (non-hydrogen) atoms. The Balaban J connectivity index is 2.11. The number of rotatable bonds is 6. The van der Waals surface area contributed by atoms with Gasteiger partial charge in [-0.1, -0.05) is 46.6 Å². The number of benzene rings is 2. The molecule has 2 aromatic carbocycles. The van der Waals surface area contributed by atoms with Crippen molar-refractivity contribution < 1.29 is 9.13 Å². The van der Waals surface area contributed by atoms with Gasteiger partial charge >= 0.3 is 0 Å². The molecule has 112 valence electrons. The maximum atomic E-state index is 13.1. The van der Waals surface area contributed by atoms with E-state index in [2.05, 4.69) is 41.2 Å². The summed E-state index contributed by atoms with van der Waals surface area (Å²) in [6.45, 7) is 6.24. The molecule has 0 unspecified atom stereocenters. The quantitative estimate of drug-likeness (QED) is 0.821. The Hall–Kier alpha value is -1.39. The van der Waals surface area contributed by atoms with Crippen molar-refractivity contribution in [2.45, 2.75) is 27.0 Å². The molecule has 0 amide bonds. The molecule has 0 aliphatic heterocycles. The first kappa shape index (κ1) is 16.0. The molecule has 0 heterocycles. The lowest BCUT2D eigenvalue weighted by molar-refractivity contribution is 0.301. The van der Waals surface area contributed by atoms with E-state index >= 15 is 0 Å². The number of aryl methyl sites for hydroxylation is 1. The highest BCUT2D eigenvalue weighted by Crippen LogP contribution is 2.24. The molecule has 0 saturated heterocycles. The van der Waals surface area contributed by atoms with Gasteiger partial charge in [0.2, 0.25) is 0 Å². The Morgan fingerprint density at radius 1 is 1.14 bits per heavy atom. The molecule has 0 aromatic heterocycles. The van der Waals surface area contributed by atoms with E-state index in [1.165, 1.54) is 17.7 Å². The van der Waals surface area contributed by atoms with Crippen LogP contribution in [0.15, 0.2) is 40.9 Å². The molecule has 0 fully saturated rings. The zero-order valence-electron chi connectivity index (χ0n) is 12.2. The minimum Gasteiger partial charge on any atom is -0.489 e. The second-order valence-electron chi connectivity index (χ2n) is 4.92. The summed E-state index contributed by atoms with van der Waals surface area (Å²) in [4.78, 5) is 0. The summed E-state index contributed by atoms with van der Waals surface area (Å²) in [7, 11) is 0. The lowest BCUT2D eigenvalue weighted by Gasteiger charge is -2.13. The Kier molecular flexibility index (Phi) is 5.76. The largest absolute Gasteiger partial charge is 0.489 e. The summed E-state index contributed by atoms with van der Waals surface area (Å²) >= 11 is 3.36. The van der Waals surface area contributed by atoms with Gasteiger partial charge in [-0.25, -0.2) is 4.39 Å². The van der Waals surface area contributed by atoms with E-state index in [9.17, 15) is 4.39 Å². The van der Waals surface area contributed by atoms with Gasteiger partial charge in [-0.2, -0.15) is 0 Å². The second-order valence-corrected chi connectivity index (χ2v) is 5.77. The molecular formula is C17H19BrFNO. The van der Waals surface area contributed by atoms with Crippen LogP contribution in [0, 0.1) is 12.7 Å². The van der Waals surface area contributed by atoms with Crippen LogP contribution >= 0.6 is 15.9 Å². The Labute approximate surface area is 133 Å². The van der Waals surface area contributed by atoms with E-state index in [-0.39, 0.29) is 5.82 Å². The lowest BCUT2D eigenvalue weighted by Crippen LogP contribution is -2.13. The van der Waals surface area contributed by atoms with Crippen LogP contribution in [-0.4, -0.2) is 6.54 Å². The van der Waals surface area contributed by atoms with Gasteiger partial charge in [-0.3, -0.25) is 0 Å². The van der Waals surface area contributed by atoms with Crippen LogP contribution in [0.3, 0.4) is 0 Å². The molecule has 0 aliphatic rings. The fourth-order valence-corrected chi connectivity index (χ4v) is 2.51. The van der Waals surface area contributed by atoms with E-state index in [1.807, 2.05) is 12.1 Å². The van der Waals surface area contributed by atoms with E-state index in [0.717, 1.165) is 34.4 Å². The SMILES string of the molecule is CCNCc1cc(C)ccc1OCc1ccc(F)cc1Br. The summed E-state index contributed by atoms with van der Waals surface area (Å²) in [6.07, 6.45) is 0. The zero-order chi connectivity index (χ0) is 15.2. The van der Waals surface area contributed by atoms with Crippen molar-refractivity contribution >= 4 is 15.9 Å². The third kappa shape index (κ3) is 4.55. The van der Waals surface area contributed by atoms with Crippen molar-refractivity contribution in [2.75, 3.05) is 6.54 Å². The van der Waals surface area contributed by atoms with Crippen LogP contribution in [0.25, 0.3) is 0 Å². The number of ether oxygens (including phenoxy) is 1. The number of hydrogen-bond donors (Lipinski definition) is 1. The first-order valence-electron chi connectivity index (χ1n) is 6.97. The highest BCUT2D eigenvalue weighted by atomic mass is 79.9. The molecule has 0 spiro atoms. The molecule has 0 saturated carbocycles. The molecule has 1 N–H and O–H groups in total. The number of halogens is 2. The van der Waals surface area contributed by atoms with Gasteiger partial charge in [0.1, 0.15) is 18.2 Å². The van der Waals surface area contributed by atoms with Crippen LogP contribution < -0.4 is 10.1 Å². The number of hydrogen-bond acceptors (Lipinski definition) is 2. The van der Waals surface area contributed by atoms with Gasteiger partial charge in [-0.05, 0) is 31.7 Å². The molecule has 0 radical (unpaired) electrons. The van der Waals surface area contributed by atoms with Crippen LogP contribution in [0.5, 0.6) is 5.75 Å². The molecule has 2 aromatic rings. The van der Waals surface area contributed by atoms with Crippen molar-refractivity contribution in [2.24, 2.45) is 0 Å². The molecule has 0 aliphatic carbocycles. The predicted molar refractivity (Wildman–Crippen MR) is 87.0 cm³/mol. The molecule has 0 atom stereocenters. The third-order valence-corrected chi connectivity index (χ3v) is 3.92. The van der Waals surface area contributed by atoms with Crippen LogP contribution in [0.4, 0.5) is 4.39 Å². The van der Waals surface area contributed by atoms with Gasteiger partial charge < -0.3 is 10.1 Å². The Morgan fingerprint density at radius 2 is 1.95 bits per heavy atom. The van der Waals surface area contributed by atoms with E-state index in [4.69, 9.17) is 4.74 Å². The van der Waals surface area contributed by atoms with Crippen LogP contribution in [-0.2, 0) is 13.2 Å². The molecule has 4 heteroatoms. The van der Waals surface area contributed by atoms with Gasteiger partial charge in [0.05, 0.1) is 0 Å².